The molecule has 2 aromatic heterocycles. The van der Waals surface area contributed by atoms with E-state index in [0.717, 1.165) is 68.5 Å². The van der Waals surface area contributed by atoms with Gasteiger partial charge in [-0.15, -0.1) is 0 Å². The van der Waals surface area contributed by atoms with Gasteiger partial charge in [-0.3, -0.25) is 4.79 Å². The third kappa shape index (κ3) is 4.85. The number of hydrogen-bond donors (Lipinski definition) is 2. The van der Waals surface area contributed by atoms with Crippen molar-refractivity contribution in [2.75, 3.05) is 25.0 Å². The van der Waals surface area contributed by atoms with Gasteiger partial charge in [0.05, 0.1) is 23.2 Å². The Morgan fingerprint density at radius 1 is 1.09 bits per heavy atom. The number of halogens is 1. The quantitative estimate of drug-likeness (QED) is 0.611. The number of nitrogens with zero attached hydrogens (tertiary/aromatic N) is 3. The molecule has 174 valence electrons. The largest absolute Gasteiger partial charge is 0.375 e. The van der Waals surface area contributed by atoms with Crippen molar-refractivity contribution in [3.8, 4) is 11.4 Å². The number of carbonyl (C=O) groups excluding carboxylic acids is 1. The molecule has 0 unspecified atom stereocenters. The van der Waals surface area contributed by atoms with Crippen LogP contribution in [0, 0.1) is 11.7 Å². The molecular formula is C25H30FN5O2. The lowest BCUT2D eigenvalue weighted by molar-refractivity contribution is -0.127. The average Bonchev–Trinajstić information content (AvgIpc) is 3.28. The van der Waals surface area contributed by atoms with E-state index >= 15 is 0 Å². The van der Waals surface area contributed by atoms with E-state index < -0.39 is 0 Å². The molecule has 1 aliphatic carbocycles. The highest BCUT2D eigenvalue weighted by Crippen LogP contribution is 2.30. The molecule has 0 radical (unpaired) electrons. The molecule has 3 heterocycles. The summed E-state index contributed by atoms with van der Waals surface area (Å²) in [5.41, 5.74) is 2.29. The van der Waals surface area contributed by atoms with Gasteiger partial charge < -0.3 is 19.9 Å². The van der Waals surface area contributed by atoms with Crippen molar-refractivity contribution < 1.29 is 13.9 Å². The first-order chi connectivity index (χ1) is 16.1. The molecule has 2 fully saturated rings. The number of anilines is 1. The zero-order chi connectivity index (χ0) is 22.8. The number of pyridine rings is 1. The fourth-order valence-corrected chi connectivity index (χ4v) is 4.99. The number of aromatic nitrogens is 3. The lowest BCUT2D eigenvalue weighted by atomic mass is 9.86. The Labute approximate surface area is 192 Å². The maximum absolute atomic E-state index is 13.4. The number of aromatic amines is 1. The van der Waals surface area contributed by atoms with Gasteiger partial charge in [-0.25, -0.2) is 14.4 Å². The topological polar surface area (TPSA) is 83.1 Å². The fourth-order valence-electron chi connectivity index (χ4n) is 4.99. The van der Waals surface area contributed by atoms with Crippen LogP contribution >= 0.6 is 0 Å². The Morgan fingerprint density at radius 2 is 1.85 bits per heavy atom. The highest BCUT2D eigenvalue weighted by Gasteiger charge is 2.29. The van der Waals surface area contributed by atoms with E-state index in [-0.39, 0.29) is 29.9 Å². The summed E-state index contributed by atoms with van der Waals surface area (Å²) in [6.07, 6.45) is 8.10. The summed E-state index contributed by atoms with van der Waals surface area (Å²) >= 11 is 0. The van der Waals surface area contributed by atoms with Gasteiger partial charge >= 0.3 is 0 Å². The normalized spacial score (nSPS) is 21.9. The second-order valence-electron chi connectivity index (χ2n) is 9.06. The van der Waals surface area contributed by atoms with Crippen molar-refractivity contribution in [1.29, 1.82) is 0 Å². The molecule has 2 N–H and O–H groups in total. The van der Waals surface area contributed by atoms with Crippen molar-refractivity contribution >= 4 is 22.8 Å². The first kappa shape index (κ1) is 21.8. The molecule has 8 heteroatoms. The Balaban J connectivity index is 1.13. The molecule has 7 nitrogen and oxygen atoms in total. The molecule has 0 bridgehead atoms. The van der Waals surface area contributed by atoms with Crippen LogP contribution in [-0.4, -0.2) is 53.2 Å². The standard InChI is InChI=1S/C25H30FN5O2/c1-27-25(32)16-2-6-19(7-3-16)33-20-10-12-31(13-11-20)23-9-4-17(15-28-23)24-29-21-8-5-18(26)14-22(21)30-24/h4-5,8-9,14-16,19-20H,2-3,6-7,10-13H2,1H3,(H,27,32)(H,29,30). The molecule has 1 aromatic carbocycles. The van der Waals surface area contributed by atoms with E-state index in [1.54, 1.807) is 13.1 Å². The molecule has 3 aromatic rings. The minimum Gasteiger partial charge on any atom is -0.375 e. The number of rotatable bonds is 5. The molecule has 1 amide bonds. The molecule has 0 atom stereocenters. The first-order valence-corrected chi connectivity index (χ1v) is 11.8. The van der Waals surface area contributed by atoms with Crippen LogP contribution in [0.15, 0.2) is 36.5 Å². The van der Waals surface area contributed by atoms with E-state index in [1.807, 2.05) is 18.3 Å². The summed E-state index contributed by atoms with van der Waals surface area (Å²) in [6, 6.07) is 8.56. The number of imidazole rings is 1. The number of fused-ring (bicyclic) bond motifs is 1. The summed E-state index contributed by atoms with van der Waals surface area (Å²) in [5.74, 6) is 1.66. The second-order valence-corrected chi connectivity index (χ2v) is 9.06. The maximum atomic E-state index is 13.4. The number of H-pyrrole nitrogens is 1. The highest BCUT2D eigenvalue weighted by molar-refractivity contribution is 5.79. The van der Waals surface area contributed by atoms with Crippen molar-refractivity contribution in [3.63, 3.8) is 0 Å². The number of amides is 1. The number of hydrogen-bond acceptors (Lipinski definition) is 5. The van der Waals surface area contributed by atoms with Crippen LogP contribution < -0.4 is 10.2 Å². The van der Waals surface area contributed by atoms with Gasteiger partial charge in [-0.05, 0) is 68.9 Å². The first-order valence-electron chi connectivity index (χ1n) is 11.8. The van der Waals surface area contributed by atoms with Crippen LogP contribution in [0.3, 0.4) is 0 Å². The zero-order valence-corrected chi connectivity index (χ0v) is 18.9. The van der Waals surface area contributed by atoms with Crippen LogP contribution in [-0.2, 0) is 9.53 Å². The minimum absolute atomic E-state index is 0.145. The lowest BCUT2D eigenvalue weighted by Crippen LogP contribution is -2.40. The third-order valence-corrected chi connectivity index (χ3v) is 6.91. The molecule has 1 aliphatic heterocycles. The van der Waals surface area contributed by atoms with E-state index in [0.29, 0.717) is 11.3 Å². The monoisotopic (exact) mass is 451 g/mol. The van der Waals surface area contributed by atoms with Crippen molar-refractivity contribution in [2.45, 2.75) is 50.7 Å². The Kier molecular flexibility index (Phi) is 6.26. The lowest BCUT2D eigenvalue weighted by Gasteiger charge is -2.36. The highest BCUT2D eigenvalue weighted by atomic mass is 19.1. The Bertz CT molecular complexity index is 1100. The predicted molar refractivity (Wildman–Crippen MR) is 125 cm³/mol. The van der Waals surface area contributed by atoms with Crippen LogP contribution in [0.25, 0.3) is 22.4 Å². The summed E-state index contributed by atoms with van der Waals surface area (Å²) in [6.45, 7) is 1.82. The van der Waals surface area contributed by atoms with Crippen LogP contribution in [0.4, 0.5) is 10.2 Å². The van der Waals surface area contributed by atoms with Gasteiger partial charge in [0.1, 0.15) is 17.5 Å². The molecule has 1 saturated carbocycles. The SMILES string of the molecule is CNC(=O)C1CCC(OC2CCN(c3ccc(-c4nc5ccc(F)cc5[nH]4)cn3)CC2)CC1. The van der Waals surface area contributed by atoms with Crippen LogP contribution in [0.2, 0.25) is 0 Å². The van der Waals surface area contributed by atoms with E-state index in [2.05, 4.69) is 25.2 Å². The smallest absolute Gasteiger partial charge is 0.222 e. The fraction of sp³-hybridized carbons (Fsp3) is 0.480. The molecule has 33 heavy (non-hydrogen) atoms. The van der Waals surface area contributed by atoms with E-state index in [9.17, 15) is 9.18 Å². The summed E-state index contributed by atoms with van der Waals surface area (Å²) < 4.78 is 19.8. The zero-order valence-electron chi connectivity index (χ0n) is 18.9. The summed E-state index contributed by atoms with van der Waals surface area (Å²) in [5, 5.41) is 2.76. The predicted octanol–water partition coefficient (Wildman–Crippen LogP) is 4.05. The maximum Gasteiger partial charge on any atom is 0.222 e. The van der Waals surface area contributed by atoms with Gasteiger partial charge in [-0.2, -0.15) is 0 Å². The molecule has 2 aliphatic rings. The van der Waals surface area contributed by atoms with Gasteiger partial charge in [-0.1, -0.05) is 0 Å². The second kappa shape index (κ2) is 9.47. The molecular weight excluding hydrogens is 421 g/mol. The number of benzene rings is 1. The van der Waals surface area contributed by atoms with Gasteiger partial charge in [0, 0.05) is 37.8 Å². The van der Waals surface area contributed by atoms with Crippen LogP contribution in [0.5, 0.6) is 0 Å². The summed E-state index contributed by atoms with van der Waals surface area (Å²) in [4.78, 5) is 26.5. The number of ether oxygens (including phenoxy) is 1. The number of piperidine rings is 1. The number of nitrogens with one attached hydrogen (secondary N) is 2. The van der Waals surface area contributed by atoms with E-state index in [4.69, 9.17) is 4.74 Å². The van der Waals surface area contributed by atoms with Crippen molar-refractivity contribution in [3.05, 3.63) is 42.3 Å². The van der Waals surface area contributed by atoms with Crippen molar-refractivity contribution in [2.24, 2.45) is 5.92 Å². The van der Waals surface area contributed by atoms with Crippen LogP contribution in [0.1, 0.15) is 38.5 Å². The average molecular weight is 452 g/mol. The van der Waals surface area contributed by atoms with Gasteiger partial charge in [0.15, 0.2) is 0 Å². The minimum atomic E-state index is -0.282. The van der Waals surface area contributed by atoms with Gasteiger partial charge in [0.2, 0.25) is 5.91 Å². The molecule has 1 saturated heterocycles. The summed E-state index contributed by atoms with van der Waals surface area (Å²) in [7, 11) is 1.71. The molecule has 5 rings (SSSR count). The Morgan fingerprint density at radius 3 is 2.55 bits per heavy atom. The van der Waals surface area contributed by atoms with Gasteiger partial charge in [0.25, 0.3) is 0 Å². The van der Waals surface area contributed by atoms with E-state index in [1.165, 1.54) is 12.1 Å². The molecule has 0 spiro atoms. The van der Waals surface area contributed by atoms with Crippen molar-refractivity contribution in [1.82, 2.24) is 20.3 Å². The third-order valence-electron chi connectivity index (χ3n) is 6.91. The number of carbonyl (C=O) groups is 1. The Hall–Kier alpha value is -3.00.